The second-order valence-electron chi connectivity index (χ2n) is 7.66. The first-order chi connectivity index (χ1) is 13.3. The van der Waals surface area contributed by atoms with Gasteiger partial charge in [0.2, 0.25) is 0 Å². The van der Waals surface area contributed by atoms with Crippen molar-refractivity contribution in [2.75, 3.05) is 20.6 Å². The van der Waals surface area contributed by atoms with Crippen molar-refractivity contribution in [2.45, 2.75) is 33.2 Å². The molecule has 1 heterocycles. The Bertz CT molecular complexity index is 990. The second-order valence-corrected chi connectivity index (χ2v) is 7.66. The zero-order valence-corrected chi connectivity index (χ0v) is 17.1. The molecule has 0 aliphatic rings. The zero-order valence-electron chi connectivity index (χ0n) is 17.1. The molecule has 0 bridgehead atoms. The Labute approximate surface area is 165 Å². The van der Waals surface area contributed by atoms with Crippen LogP contribution in [-0.4, -0.2) is 31.4 Å². The molecule has 28 heavy (non-hydrogen) atoms. The molecule has 1 unspecified atom stereocenters. The van der Waals surface area contributed by atoms with Crippen molar-refractivity contribution in [3.8, 4) is 0 Å². The van der Waals surface area contributed by atoms with Crippen molar-refractivity contribution in [2.24, 2.45) is 0 Å². The zero-order chi connectivity index (χ0) is 20.4. The fraction of sp³-hybridized carbons (Fsp3) is 0.348. The summed E-state index contributed by atoms with van der Waals surface area (Å²) in [4.78, 5) is 15.1. The van der Waals surface area contributed by atoms with Gasteiger partial charge in [-0.2, -0.15) is 0 Å². The molecule has 3 aromatic rings. The molecule has 1 aromatic heterocycles. The maximum absolute atomic E-state index is 13.3. The number of benzene rings is 2. The van der Waals surface area contributed by atoms with E-state index in [0.29, 0.717) is 12.2 Å². The first-order valence-electron chi connectivity index (χ1n) is 9.47. The summed E-state index contributed by atoms with van der Waals surface area (Å²) < 4.78 is 19.2. The third-order valence-electron chi connectivity index (χ3n) is 5.20. The summed E-state index contributed by atoms with van der Waals surface area (Å²) in [6.07, 6.45) is 0.710. The van der Waals surface area contributed by atoms with Gasteiger partial charge in [0.25, 0.3) is 5.91 Å². The molecule has 1 N–H and O–H groups in total. The van der Waals surface area contributed by atoms with E-state index >= 15 is 0 Å². The van der Waals surface area contributed by atoms with Gasteiger partial charge in [0.15, 0.2) is 5.76 Å². The molecular formula is C23H27FN2O2. The molecule has 2 aromatic carbocycles. The van der Waals surface area contributed by atoms with Crippen LogP contribution in [0.25, 0.3) is 11.0 Å². The van der Waals surface area contributed by atoms with Crippen molar-refractivity contribution < 1.29 is 13.6 Å². The van der Waals surface area contributed by atoms with E-state index in [1.165, 1.54) is 17.7 Å². The van der Waals surface area contributed by atoms with Crippen molar-refractivity contribution in [1.82, 2.24) is 10.2 Å². The van der Waals surface area contributed by atoms with Crippen LogP contribution in [0.2, 0.25) is 0 Å². The minimum Gasteiger partial charge on any atom is -0.451 e. The van der Waals surface area contributed by atoms with E-state index in [1.807, 2.05) is 40.9 Å². The lowest BCUT2D eigenvalue weighted by atomic mass is 10.0. The van der Waals surface area contributed by atoms with Crippen molar-refractivity contribution in [3.63, 3.8) is 0 Å². The molecule has 0 saturated heterocycles. The molecule has 0 fully saturated rings. The van der Waals surface area contributed by atoms with Gasteiger partial charge < -0.3 is 14.6 Å². The topological polar surface area (TPSA) is 45.5 Å². The van der Waals surface area contributed by atoms with Gasteiger partial charge in [-0.1, -0.05) is 12.1 Å². The number of carbonyl (C=O) groups excluding carboxylic acids is 1. The standard InChI is InChI=1S/C23H27FN2O2/c1-14-12-19-16(3)22(28-21(19)13-15(14)2)23(27)25-20(10-11-26(4)5)17-6-8-18(24)9-7-17/h6-9,12-13,20H,10-11H2,1-5H3,(H,25,27). The number of nitrogens with zero attached hydrogens (tertiary/aromatic N) is 1. The number of nitrogens with one attached hydrogen (secondary N) is 1. The molecular weight excluding hydrogens is 355 g/mol. The van der Waals surface area contributed by atoms with Crippen LogP contribution in [0.5, 0.6) is 0 Å². The lowest BCUT2D eigenvalue weighted by molar-refractivity contribution is 0.0906. The first kappa shape index (κ1) is 20.1. The molecule has 1 amide bonds. The monoisotopic (exact) mass is 382 g/mol. The van der Waals surface area contributed by atoms with Crippen molar-refractivity contribution >= 4 is 16.9 Å². The summed E-state index contributed by atoms with van der Waals surface area (Å²) in [7, 11) is 3.97. The second kappa shape index (κ2) is 8.15. The third-order valence-corrected chi connectivity index (χ3v) is 5.20. The highest BCUT2D eigenvalue weighted by Gasteiger charge is 2.22. The fourth-order valence-corrected chi connectivity index (χ4v) is 3.32. The number of hydrogen-bond donors (Lipinski definition) is 1. The average Bonchev–Trinajstić information content (AvgIpc) is 2.95. The van der Waals surface area contributed by atoms with Crippen LogP contribution < -0.4 is 5.32 Å². The number of furan rings is 1. The van der Waals surface area contributed by atoms with Crippen LogP contribution in [0.1, 0.15) is 45.3 Å². The first-order valence-corrected chi connectivity index (χ1v) is 9.47. The lowest BCUT2D eigenvalue weighted by Crippen LogP contribution is -2.31. The van der Waals surface area contributed by atoms with Crippen molar-refractivity contribution in [1.29, 1.82) is 0 Å². The van der Waals surface area contributed by atoms with Gasteiger partial charge in [0.05, 0.1) is 6.04 Å². The Kier molecular flexibility index (Phi) is 5.84. The average molecular weight is 382 g/mol. The third kappa shape index (κ3) is 4.25. The Hall–Kier alpha value is -2.66. The van der Waals surface area contributed by atoms with Gasteiger partial charge in [0, 0.05) is 10.9 Å². The number of hydrogen-bond acceptors (Lipinski definition) is 3. The number of carbonyl (C=O) groups is 1. The van der Waals surface area contributed by atoms with E-state index in [0.717, 1.165) is 34.2 Å². The van der Waals surface area contributed by atoms with E-state index < -0.39 is 0 Å². The van der Waals surface area contributed by atoms with Crippen molar-refractivity contribution in [3.05, 3.63) is 70.2 Å². The minimum atomic E-state index is -0.291. The molecule has 1 atom stereocenters. The maximum Gasteiger partial charge on any atom is 0.287 e. The highest BCUT2D eigenvalue weighted by atomic mass is 19.1. The maximum atomic E-state index is 13.3. The van der Waals surface area contributed by atoms with Crippen LogP contribution in [0, 0.1) is 26.6 Å². The van der Waals surface area contributed by atoms with E-state index in [9.17, 15) is 9.18 Å². The predicted molar refractivity (Wildman–Crippen MR) is 110 cm³/mol. The summed E-state index contributed by atoms with van der Waals surface area (Å²) in [6.45, 7) is 6.77. The minimum absolute atomic E-state index is 0.230. The molecule has 3 rings (SSSR count). The van der Waals surface area contributed by atoms with Gasteiger partial charge in [0.1, 0.15) is 11.4 Å². The summed E-state index contributed by atoms with van der Waals surface area (Å²) in [6, 6.07) is 10.1. The predicted octanol–water partition coefficient (Wildman–Crippen LogP) is 4.92. The molecule has 148 valence electrons. The van der Waals surface area contributed by atoms with Crippen LogP contribution >= 0.6 is 0 Å². The molecule has 0 radical (unpaired) electrons. The summed E-state index contributed by atoms with van der Waals surface area (Å²) >= 11 is 0. The molecule has 5 heteroatoms. The molecule has 4 nitrogen and oxygen atoms in total. The van der Waals surface area contributed by atoms with Gasteiger partial charge in [-0.3, -0.25) is 4.79 Å². The van der Waals surface area contributed by atoms with Crippen LogP contribution in [0.15, 0.2) is 40.8 Å². The number of amides is 1. The quantitative estimate of drug-likeness (QED) is 0.658. The molecule has 0 saturated carbocycles. The Morgan fingerprint density at radius 1 is 1.11 bits per heavy atom. The number of fused-ring (bicyclic) bond motifs is 1. The SMILES string of the molecule is Cc1cc2oc(C(=O)NC(CCN(C)C)c3ccc(F)cc3)c(C)c2cc1C. The summed E-state index contributed by atoms with van der Waals surface area (Å²) in [5.41, 5.74) is 4.72. The highest BCUT2D eigenvalue weighted by Crippen LogP contribution is 2.29. The largest absolute Gasteiger partial charge is 0.451 e. The van der Waals surface area contributed by atoms with Gasteiger partial charge >= 0.3 is 0 Å². The van der Waals surface area contributed by atoms with E-state index in [4.69, 9.17) is 4.42 Å². The van der Waals surface area contributed by atoms with E-state index in [1.54, 1.807) is 12.1 Å². The van der Waals surface area contributed by atoms with Gasteiger partial charge in [-0.25, -0.2) is 4.39 Å². The molecule has 0 aliphatic heterocycles. The number of rotatable bonds is 6. The molecule has 0 aliphatic carbocycles. The van der Waals surface area contributed by atoms with E-state index in [-0.39, 0.29) is 17.8 Å². The lowest BCUT2D eigenvalue weighted by Gasteiger charge is -2.21. The van der Waals surface area contributed by atoms with Gasteiger partial charge in [-0.05, 0) is 88.8 Å². The Morgan fingerprint density at radius 2 is 1.75 bits per heavy atom. The van der Waals surface area contributed by atoms with Crippen LogP contribution in [-0.2, 0) is 0 Å². The molecule has 0 spiro atoms. The number of halogens is 1. The van der Waals surface area contributed by atoms with Crippen LogP contribution in [0.3, 0.4) is 0 Å². The smallest absolute Gasteiger partial charge is 0.287 e. The normalized spacial score (nSPS) is 12.5. The van der Waals surface area contributed by atoms with E-state index in [2.05, 4.69) is 16.3 Å². The van der Waals surface area contributed by atoms with Crippen LogP contribution in [0.4, 0.5) is 4.39 Å². The van der Waals surface area contributed by atoms with Gasteiger partial charge in [-0.15, -0.1) is 0 Å². The fourth-order valence-electron chi connectivity index (χ4n) is 3.32. The Balaban J connectivity index is 1.89. The highest BCUT2D eigenvalue weighted by molar-refractivity contribution is 5.99. The Morgan fingerprint density at radius 3 is 2.39 bits per heavy atom. The summed E-state index contributed by atoms with van der Waals surface area (Å²) in [5, 5.41) is 4.03. The number of aryl methyl sites for hydroxylation is 3. The summed E-state index contributed by atoms with van der Waals surface area (Å²) in [5.74, 6) is -0.214.